The minimum atomic E-state index is -1.35. The Morgan fingerprint density at radius 2 is 1.83 bits per heavy atom. The highest BCUT2D eigenvalue weighted by Gasteiger charge is 2.37. The van der Waals surface area contributed by atoms with Gasteiger partial charge in [0.15, 0.2) is 22.8 Å². The predicted molar refractivity (Wildman–Crippen MR) is 129 cm³/mol. The molecule has 0 aliphatic carbocycles. The molecular formula is C25H32N5O5+. The average molecular weight is 483 g/mol. The van der Waals surface area contributed by atoms with E-state index < -0.39 is 18.2 Å². The minimum Gasteiger partial charge on any atom is -0.502 e. The molecule has 1 aliphatic heterocycles. The van der Waals surface area contributed by atoms with Crippen LogP contribution in [0.3, 0.4) is 0 Å². The normalized spacial score (nSPS) is 16.9. The van der Waals surface area contributed by atoms with Crippen LogP contribution in [0.5, 0.6) is 5.75 Å². The first-order valence-corrected chi connectivity index (χ1v) is 11.4. The van der Waals surface area contributed by atoms with Gasteiger partial charge in [-0.25, -0.2) is 0 Å². The zero-order valence-corrected chi connectivity index (χ0v) is 20.2. The molecule has 10 heteroatoms. The number of benzene rings is 2. The van der Waals surface area contributed by atoms with Crippen molar-refractivity contribution in [2.75, 3.05) is 14.1 Å². The van der Waals surface area contributed by atoms with Crippen molar-refractivity contribution in [3.05, 3.63) is 71.1 Å². The topological polar surface area (TPSA) is 148 Å². The Bertz CT molecular complexity index is 1130. The molecule has 2 unspecified atom stereocenters. The summed E-state index contributed by atoms with van der Waals surface area (Å²) in [5, 5.41) is 30.8. The summed E-state index contributed by atoms with van der Waals surface area (Å²) in [7, 11) is 3.14. The predicted octanol–water partition coefficient (Wildman–Crippen LogP) is 0.194. The number of phenols is 1. The number of quaternary nitrogens is 1. The van der Waals surface area contributed by atoms with Gasteiger partial charge in [-0.3, -0.25) is 19.7 Å². The van der Waals surface area contributed by atoms with E-state index in [4.69, 9.17) is 0 Å². The van der Waals surface area contributed by atoms with Crippen LogP contribution in [0.4, 0.5) is 5.69 Å². The lowest BCUT2D eigenvalue weighted by molar-refractivity contribution is -0.528. The number of amides is 3. The molecule has 2 aromatic rings. The van der Waals surface area contributed by atoms with Crippen LogP contribution in [0.15, 0.2) is 59.9 Å². The van der Waals surface area contributed by atoms with E-state index in [9.17, 15) is 24.6 Å². The first-order chi connectivity index (χ1) is 16.6. The third kappa shape index (κ3) is 5.79. The monoisotopic (exact) mass is 482 g/mol. The van der Waals surface area contributed by atoms with Gasteiger partial charge in [0.25, 0.3) is 11.8 Å². The van der Waals surface area contributed by atoms with Gasteiger partial charge >= 0.3 is 0 Å². The summed E-state index contributed by atoms with van der Waals surface area (Å²) in [6.07, 6.45) is -0.965. The van der Waals surface area contributed by atoms with Gasteiger partial charge in [-0.1, -0.05) is 43.3 Å². The van der Waals surface area contributed by atoms with Gasteiger partial charge in [-0.15, -0.1) is 0 Å². The Morgan fingerprint density at radius 1 is 1.14 bits per heavy atom. The summed E-state index contributed by atoms with van der Waals surface area (Å²) in [5.74, 6) is -1.54. The zero-order chi connectivity index (χ0) is 25.7. The second-order valence-electron chi connectivity index (χ2n) is 8.54. The van der Waals surface area contributed by atoms with Gasteiger partial charge in [0.1, 0.15) is 6.04 Å². The van der Waals surface area contributed by atoms with Gasteiger partial charge < -0.3 is 31.1 Å². The summed E-state index contributed by atoms with van der Waals surface area (Å²) >= 11 is 0. The van der Waals surface area contributed by atoms with E-state index in [1.807, 2.05) is 37.3 Å². The molecule has 0 fully saturated rings. The molecule has 7 N–H and O–H groups in total. The van der Waals surface area contributed by atoms with Gasteiger partial charge in [0.2, 0.25) is 12.1 Å². The number of aliphatic hydroxyl groups excluding tert-OH is 1. The highest BCUT2D eigenvalue weighted by Crippen LogP contribution is 2.25. The van der Waals surface area contributed by atoms with Gasteiger partial charge in [0.05, 0.1) is 11.6 Å². The number of nitrogens with two attached hydrogens (primary N) is 1. The van der Waals surface area contributed by atoms with E-state index in [0.717, 1.165) is 5.56 Å². The number of rotatable bonds is 9. The first kappa shape index (κ1) is 25.7. The lowest BCUT2D eigenvalue weighted by Crippen LogP contribution is -2.78. The van der Waals surface area contributed by atoms with Crippen LogP contribution < -0.4 is 21.3 Å². The van der Waals surface area contributed by atoms with Crippen LogP contribution >= 0.6 is 0 Å². The van der Waals surface area contributed by atoms with Gasteiger partial charge in [0, 0.05) is 20.2 Å². The Kier molecular flexibility index (Phi) is 8.10. The smallest absolute Gasteiger partial charge is 0.275 e. The second-order valence-corrected chi connectivity index (χ2v) is 8.54. The molecule has 0 spiro atoms. The number of carbonyl (C=O) groups excluding carboxylic acids is 3. The SMILES string of the molecule is CC[C@@H](NC1=C([NH2+]c2cccc(C(=O)N(C)C)c2O)C(O)NC1=O)C(=O)NC(C)c1ccccc1. The fraction of sp³-hybridized carbons (Fsp3) is 0.320. The fourth-order valence-corrected chi connectivity index (χ4v) is 3.77. The van der Waals surface area contributed by atoms with Gasteiger partial charge in [-0.2, -0.15) is 0 Å². The standard InChI is InChI=1S/C25H31N5O5/c1-5-17(22(32)26-14(2)15-10-7-6-8-11-15)27-19-20(24(34)29-23(19)33)28-18-13-9-12-16(21(18)31)25(35)30(3)4/h6-14,17,24,27-28,31,34H,5H2,1-4H3,(H,26,32)(H,29,33)/p+1/t14?,17-,24?/m1/s1. The molecule has 3 atom stereocenters. The summed E-state index contributed by atoms with van der Waals surface area (Å²) in [4.78, 5) is 39.2. The zero-order valence-electron chi connectivity index (χ0n) is 20.2. The number of nitrogens with one attached hydrogen (secondary N) is 3. The second kappa shape index (κ2) is 11.0. The van der Waals surface area contributed by atoms with Crippen molar-refractivity contribution in [1.82, 2.24) is 20.9 Å². The average Bonchev–Trinajstić information content (AvgIpc) is 3.10. The molecular weight excluding hydrogens is 450 g/mol. The summed E-state index contributed by atoms with van der Waals surface area (Å²) < 4.78 is 0. The number of para-hydroxylation sites is 1. The fourth-order valence-electron chi connectivity index (χ4n) is 3.77. The van der Waals surface area contributed by atoms with Crippen molar-refractivity contribution in [1.29, 1.82) is 0 Å². The summed E-state index contributed by atoms with van der Waals surface area (Å²) in [6.45, 7) is 3.68. The lowest BCUT2D eigenvalue weighted by Gasteiger charge is -2.21. The van der Waals surface area contributed by atoms with Crippen molar-refractivity contribution < 1.29 is 29.9 Å². The van der Waals surface area contributed by atoms with E-state index in [1.54, 1.807) is 33.2 Å². The molecule has 0 bridgehead atoms. The number of aromatic hydroxyl groups is 1. The molecule has 35 heavy (non-hydrogen) atoms. The van der Waals surface area contributed by atoms with Crippen LogP contribution in [0.2, 0.25) is 0 Å². The first-order valence-electron chi connectivity index (χ1n) is 11.4. The van der Waals surface area contributed by atoms with E-state index in [2.05, 4.69) is 16.0 Å². The lowest BCUT2D eigenvalue weighted by atomic mass is 10.1. The van der Waals surface area contributed by atoms with Crippen molar-refractivity contribution in [2.24, 2.45) is 0 Å². The quantitative estimate of drug-likeness (QED) is 0.222. The molecule has 10 nitrogen and oxygen atoms in total. The largest absolute Gasteiger partial charge is 0.502 e. The van der Waals surface area contributed by atoms with Gasteiger partial charge in [-0.05, 0) is 25.0 Å². The highest BCUT2D eigenvalue weighted by molar-refractivity contribution is 5.98. The number of aliphatic hydroxyl groups is 1. The Balaban J connectivity index is 1.83. The van der Waals surface area contributed by atoms with Crippen LogP contribution in [0.1, 0.15) is 42.2 Å². The molecule has 186 valence electrons. The van der Waals surface area contributed by atoms with Crippen LogP contribution in [-0.4, -0.2) is 59.2 Å². The molecule has 0 radical (unpaired) electrons. The van der Waals surface area contributed by atoms with Crippen molar-refractivity contribution in [2.45, 2.75) is 38.6 Å². The van der Waals surface area contributed by atoms with Crippen LogP contribution in [-0.2, 0) is 9.59 Å². The molecule has 2 aromatic carbocycles. The minimum absolute atomic E-state index is 0.0237. The molecule has 0 saturated carbocycles. The van der Waals surface area contributed by atoms with E-state index >= 15 is 0 Å². The van der Waals surface area contributed by atoms with Crippen molar-refractivity contribution in [3.8, 4) is 5.75 Å². The third-order valence-electron chi connectivity index (χ3n) is 5.79. The van der Waals surface area contributed by atoms with Crippen LogP contribution in [0, 0.1) is 0 Å². The molecule has 3 rings (SSSR count). The third-order valence-corrected chi connectivity index (χ3v) is 5.79. The van der Waals surface area contributed by atoms with E-state index in [0.29, 0.717) is 6.42 Å². The van der Waals surface area contributed by atoms with Crippen molar-refractivity contribution in [3.63, 3.8) is 0 Å². The van der Waals surface area contributed by atoms with E-state index in [-0.39, 0.29) is 46.3 Å². The van der Waals surface area contributed by atoms with Crippen LogP contribution in [0.25, 0.3) is 0 Å². The molecule has 3 amide bonds. The molecule has 0 saturated heterocycles. The number of hydrogen-bond donors (Lipinski definition) is 6. The number of nitrogens with zero attached hydrogens (tertiary/aromatic N) is 1. The number of phenolic OH excluding ortho intramolecular Hbond substituents is 1. The molecule has 1 heterocycles. The molecule has 0 aromatic heterocycles. The summed E-state index contributed by atoms with van der Waals surface area (Å²) in [5.41, 5.74) is 1.46. The Hall–Kier alpha value is -3.89. The maximum atomic E-state index is 13.0. The summed E-state index contributed by atoms with van der Waals surface area (Å²) in [6, 6.07) is 13.2. The number of hydrogen-bond acceptors (Lipinski definition) is 6. The number of carbonyl (C=O) groups is 3. The Labute approximate surface area is 204 Å². The van der Waals surface area contributed by atoms with Crippen molar-refractivity contribution >= 4 is 23.4 Å². The van der Waals surface area contributed by atoms with E-state index in [1.165, 1.54) is 16.3 Å². The Morgan fingerprint density at radius 3 is 2.46 bits per heavy atom. The maximum absolute atomic E-state index is 13.0. The maximum Gasteiger partial charge on any atom is 0.275 e. The highest BCUT2D eigenvalue weighted by atomic mass is 16.3. The molecule has 1 aliphatic rings.